The van der Waals surface area contributed by atoms with Gasteiger partial charge in [-0.3, -0.25) is 0 Å². The maximum atomic E-state index is 13.0. The average molecular weight is 370 g/mol. The van der Waals surface area contributed by atoms with Crippen molar-refractivity contribution in [3.63, 3.8) is 0 Å². The maximum Gasteiger partial charge on any atom is 0.269 e. The SMILES string of the molecule is Cc1ccc(S(=O)(=O)n2ccc3c4c(cnc32)ncn4NCCN)cc1. The summed E-state index contributed by atoms with van der Waals surface area (Å²) in [6.07, 6.45) is 4.72. The van der Waals surface area contributed by atoms with Gasteiger partial charge in [0.05, 0.1) is 11.1 Å². The highest BCUT2D eigenvalue weighted by molar-refractivity contribution is 7.90. The lowest BCUT2D eigenvalue weighted by Crippen LogP contribution is -2.21. The van der Waals surface area contributed by atoms with Crippen LogP contribution in [-0.4, -0.2) is 40.1 Å². The highest BCUT2D eigenvalue weighted by Crippen LogP contribution is 2.26. The van der Waals surface area contributed by atoms with Gasteiger partial charge in [-0.25, -0.2) is 27.0 Å². The molecule has 0 amide bonds. The highest BCUT2D eigenvalue weighted by atomic mass is 32.2. The molecule has 0 saturated heterocycles. The van der Waals surface area contributed by atoms with Crippen molar-refractivity contribution in [2.45, 2.75) is 11.8 Å². The highest BCUT2D eigenvalue weighted by Gasteiger charge is 2.21. The number of rotatable bonds is 5. The van der Waals surface area contributed by atoms with Crippen LogP contribution in [0.3, 0.4) is 0 Å². The summed E-state index contributed by atoms with van der Waals surface area (Å²) < 4.78 is 29.0. The normalized spacial score (nSPS) is 12.1. The standard InChI is InChI=1S/C17H18N6O2S/c1-12-2-4-13(5-3-12)26(24,25)23-9-6-14-16-15(10-19-17(14)23)20-11-22(16)21-8-7-18/h2-6,9-11,21H,7-8,18H2,1H3. The molecule has 1 aromatic carbocycles. The average Bonchev–Trinajstić information content (AvgIpc) is 3.24. The van der Waals surface area contributed by atoms with Gasteiger partial charge in [-0.05, 0) is 25.1 Å². The molecular weight excluding hydrogens is 352 g/mol. The maximum absolute atomic E-state index is 13.0. The monoisotopic (exact) mass is 370 g/mol. The van der Waals surface area contributed by atoms with Crippen molar-refractivity contribution in [1.82, 2.24) is 18.6 Å². The predicted octanol–water partition coefficient (Wildman–Crippen LogP) is 1.43. The van der Waals surface area contributed by atoms with Crippen molar-refractivity contribution in [3.05, 3.63) is 54.6 Å². The lowest BCUT2D eigenvalue weighted by atomic mass is 10.2. The van der Waals surface area contributed by atoms with E-state index < -0.39 is 10.0 Å². The van der Waals surface area contributed by atoms with Gasteiger partial charge in [0.25, 0.3) is 10.0 Å². The molecule has 0 aliphatic heterocycles. The van der Waals surface area contributed by atoms with Crippen molar-refractivity contribution < 1.29 is 8.42 Å². The molecule has 3 aromatic heterocycles. The molecule has 0 saturated carbocycles. The number of hydrogen-bond donors (Lipinski definition) is 2. The van der Waals surface area contributed by atoms with Crippen LogP contribution in [0.1, 0.15) is 5.56 Å². The van der Waals surface area contributed by atoms with Crippen molar-refractivity contribution >= 4 is 32.1 Å². The Labute approximate surface area is 150 Å². The summed E-state index contributed by atoms with van der Waals surface area (Å²) in [6.45, 7) is 2.95. The van der Waals surface area contributed by atoms with Crippen LogP contribution in [0.15, 0.2) is 53.9 Å². The molecule has 0 aliphatic rings. The lowest BCUT2D eigenvalue weighted by molar-refractivity contribution is 0.589. The first kappa shape index (κ1) is 16.6. The number of nitrogens with one attached hydrogen (secondary N) is 1. The Balaban J connectivity index is 1.91. The minimum absolute atomic E-state index is 0.220. The van der Waals surface area contributed by atoms with Gasteiger partial charge in [0.15, 0.2) is 5.65 Å². The minimum atomic E-state index is -3.74. The number of nitrogens with zero attached hydrogens (tertiary/aromatic N) is 4. The third-order valence-corrected chi connectivity index (χ3v) is 5.87. The number of hydrogen-bond acceptors (Lipinski definition) is 6. The molecule has 0 bridgehead atoms. The Bertz CT molecular complexity index is 1190. The second-order valence-corrected chi connectivity index (χ2v) is 7.79. The van der Waals surface area contributed by atoms with Crippen LogP contribution in [0.4, 0.5) is 0 Å². The third kappa shape index (κ3) is 2.52. The van der Waals surface area contributed by atoms with E-state index in [2.05, 4.69) is 15.4 Å². The molecule has 3 N–H and O–H groups in total. The fourth-order valence-electron chi connectivity index (χ4n) is 2.89. The van der Waals surface area contributed by atoms with Crippen molar-refractivity contribution in [3.8, 4) is 0 Å². The van der Waals surface area contributed by atoms with Crippen LogP contribution in [0.25, 0.3) is 22.1 Å². The lowest BCUT2D eigenvalue weighted by Gasteiger charge is -2.09. The number of aryl methyl sites for hydroxylation is 1. The van der Waals surface area contributed by atoms with E-state index in [1.165, 1.54) is 10.2 Å². The number of imidazole rings is 1. The van der Waals surface area contributed by atoms with Crippen molar-refractivity contribution in [2.24, 2.45) is 5.73 Å². The molecule has 9 heteroatoms. The summed E-state index contributed by atoms with van der Waals surface area (Å²) >= 11 is 0. The Morgan fingerprint density at radius 1 is 1.15 bits per heavy atom. The largest absolute Gasteiger partial charge is 0.329 e. The van der Waals surface area contributed by atoms with Gasteiger partial charge < -0.3 is 11.2 Å². The van der Waals surface area contributed by atoms with Crippen molar-refractivity contribution in [2.75, 3.05) is 18.5 Å². The predicted molar refractivity (Wildman–Crippen MR) is 100 cm³/mol. The topological polar surface area (TPSA) is 108 Å². The Morgan fingerprint density at radius 2 is 1.92 bits per heavy atom. The second-order valence-electron chi connectivity index (χ2n) is 5.97. The van der Waals surface area contributed by atoms with Gasteiger partial charge in [-0.1, -0.05) is 17.7 Å². The number of pyridine rings is 1. The van der Waals surface area contributed by atoms with E-state index in [0.29, 0.717) is 29.6 Å². The number of fused-ring (bicyclic) bond motifs is 3. The fraction of sp³-hybridized carbons (Fsp3) is 0.176. The van der Waals surface area contributed by atoms with Crippen LogP contribution in [0.2, 0.25) is 0 Å². The summed E-state index contributed by atoms with van der Waals surface area (Å²) in [5, 5.41) is 0.695. The van der Waals surface area contributed by atoms with Crippen LogP contribution in [0, 0.1) is 6.92 Å². The van der Waals surface area contributed by atoms with Gasteiger partial charge in [0.1, 0.15) is 17.4 Å². The third-order valence-electron chi connectivity index (χ3n) is 4.19. The molecule has 134 valence electrons. The zero-order chi connectivity index (χ0) is 18.3. The molecule has 0 spiro atoms. The van der Waals surface area contributed by atoms with Gasteiger partial charge in [-0.15, -0.1) is 0 Å². The van der Waals surface area contributed by atoms with E-state index in [1.54, 1.807) is 47.5 Å². The van der Waals surface area contributed by atoms with E-state index >= 15 is 0 Å². The van der Waals surface area contributed by atoms with E-state index in [0.717, 1.165) is 11.1 Å². The van der Waals surface area contributed by atoms with Gasteiger partial charge in [-0.2, -0.15) is 0 Å². The van der Waals surface area contributed by atoms with E-state index in [9.17, 15) is 8.42 Å². The van der Waals surface area contributed by atoms with E-state index in [1.807, 2.05) is 6.92 Å². The molecule has 0 atom stereocenters. The molecule has 8 nitrogen and oxygen atoms in total. The summed E-state index contributed by atoms with van der Waals surface area (Å²) in [5.41, 5.74) is 11.5. The Hall–Kier alpha value is -2.91. The number of benzene rings is 1. The van der Waals surface area contributed by atoms with Gasteiger partial charge in [0, 0.05) is 24.7 Å². The molecule has 0 radical (unpaired) electrons. The molecule has 0 fully saturated rings. The number of nitrogens with two attached hydrogens (primary N) is 1. The zero-order valence-corrected chi connectivity index (χ0v) is 14.9. The van der Waals surface area contributed by atoms with Crippen LogP contribution in [-0.2, 0) is 10.0 Å². The van der Waals surface area contributed by atoms with Crippen LogP contribution >= 0.6 is 0 Å². The molecule has 4 rings (SSSR count). The summed E-state index contributed by atoms with van der Waals surface area (Å²) in [5.74, 6) is 0. The zero-order valence-electron chi connectivity index (χ0n) is 14.1. The first-order valence-electron chi connectivity index (χ1n) is 8.11. The smallest absolute Gasteiger partial charge is 0.269 e. The van der Waals surface area contributed by atoms with Gasteiger partial charge >= 0.3 is 0 Å². The van der Waals surface area contributed by atoms with Crippen LogP contribution in [0.5, 0.6) is 0 Å². The first-order valence-corrected chi connectivity index (χ1v) is 9.55. The molecule has 4 aromatic rings. The molecule has 3 heterocycles. The van der Waals surface area contributed by atoms with Crippen LogP contribution < -0.4 is 11.2 Å². The molecular formula is C17H18N6O2S. The minimum Gasteiger partial charge on any atom is -0.329 e. The van der Waals surface area contributed by atoms with Crippen molar-refractivity contribution in [1.29, 1.82) is 0 Å². The summed E-state index contributed by atoms with van der Waals surface area (Å²) in [4.78, 5) is 8.85. The van der Waals surface area contributed by atoms with Gasteiger partial charge in [0.2, 0.25) is 0 Å². The first-order chi connectivity index (χ1) is 12.5. The van der Waals surface area contributed by atoms with E-state index in [4.69, 9.17) is 5.73 Å². The Morgan fingerprint density at radius 3 is 2.65 bits per heavy atom. The summed E-state index contributed by atoms with van der Waals surface area (Å²) in [7, 11) is -3.74. The molecule has 0 aliphatic carbocycles. The summed E-state index contributed by atoms with van der Waals surface area (Å²) in [6, 6.07) is 8.48. The molecule has 26 heavy (non-hydrogen) atoms. The fourth-order valence-corrected chi connectivity index (χ4v) is 4.19. The number of aromatic nitrogens is 4. The second kappa shape index (κ2) is 6.11. The molecule has 0 unspecified atom stereocenters. The Kier molecular flexibility index (Phi) is 3.89. The quantitative estimate of drug-likeness (QED) is 0.550. The van der Waals surface area contributed by atoms with E-state index in [-0.39, 0.29) is 4.90 Å².